The van der Waals surface area contributed by atoms with Crippen molar-refractivity contribution in [1.82, 2.24) is 9.38 Å². The highest BCUT2D eigenvalue weighted by Gasteiger charge is 2.11. The predicted octanol–water partition coefficient (Wildman–Crippen LogP) is 1.24. The molecule has 72 valence electrons. The number of nitrogens with two attached hydrogens (primary N) is 1. The van der Waals surface area contributed by atoms with Crippen LogP contribution in [0, 0.1) is 19.3 Å². The summed E-state index contributed by atoms with van der Waals surface area (Å²) < 4.78 is 1.90. The van der Waals surface area contributed by atoms with E-state index in [1.165, 1.54) is 0 Å². The van der Waals surface area contributed by atoms with E-state index in [0.717, 1.165) is 17.0 Å². The number of nitrogens with zero attached hydrogens (tertiary/aromatic N) is 2. The van der Waals surface area contributed by atoms with Crippen LogP contribution in [0.4, 0.5) is 0 Å². The highest BCUT2D eigenvalue weighted by atomic mass is 15.0. The van der Waals surface area contributed by atoms with Crippen LogP contribution in [-0.4, -0.2) is 15.2 Å². The van der Waals surface area contributed by atoms with Crippen LogP contribution in [0.2, 0.25) is 0 Å². The van der Waals surface area contributed by atoms with Crippen LogP contribution in [-0.2, 0) is 0 Å². The normalized spacial score (nSPS) is 10.7. The van der Waals surface area contributed by atoms with Crippen molar-refractivity contribution >= 4 is 11.5 Å². The average molecular weight is 188 g/mol. The molecule has 0 aliphatic carbocycles. The number of aryl methyl sites for hydroxylation is 2. The van der Waals surface area contributed by atoms with Crippen LogP contribution in [0.15, 0.2) is 18.2 Å². The van der Waals surface area contributed by atoms with Crippen molar-refractivity contribution in [2.75, 3.05) is 0 Å². The van der Waals surface area contributed by atoms with E-state index in [0.29, 0.717) is 5.69 Å². The fourth-order valence-electron chi connectivity index (χ4n) is 1.68. The Morgan fingerprint density at radius 3 is 2.79 bits per heavy atom. The van der Waals surface area contributed by atoms with E-state index in [9.17, 15) is 0 Å². The highest BCUT2D eigenvalue weighted by molar-refractivity contribution is 5.95. The summed E-state index contributed by atoms with van der Waals surface area (Å²) in [4.78, 5) is 4.34. The van der Waals surface area contributed by atoms with Crippen LogP contribution in [0.3, 0.4) is 0 Å². The summed E-state index contributed by atoms with van der Waals surface area (Å²) in [7, 11) is 0. The maximum Gasteiger partial charge on any atom is 0.142 e. The molecular weight excluding hydrogens is 176 g/mol. The molecule has 4 nitrogen and oxygen atoms in total. The van der Waals surface area contributed by atoms with Gasteiger partial charge in [0.1, 0.15) is 17.2 Å². The van der Waals surface area contributed by atoms with Gasteiger partial charge in [-0.05, 0) is 26.0 Å². The van der Waals surface area contributed by atoms with Crippen LogP contribution in [0.25, 0.3) is 5.65 Å². The van der Waals surface area contributed by atoms with Gasteiger partial charge in [0, 0.05) is 5.69 Å². The van der Waals surface area contributed by atoms with Crippen LogP contribution >= 0.6 is 0 Å². The fourth-order valence-corrected chi connectivity index (χ4v) is 1.68. The molecule has 2 aromatic rings. The molecule has 0 saturated heterocycles. The third kappa shape index (κ3) is 1.08. The number of rotatable bonds is 1. The maximum absolute atomic E-state index is 7.49. The van der Waals surface area contributed by atoms with Crippen LogP contribution in [0.5, 0.6) is 0 Å². The SMILES string of the molecule is Cc1nc2cccc(C)n2c1C(=N)N. The van der Waals surface area contributed by atoms with E-state index in [-0.39, 0.29) is 5.84 Å². The molecule has 0 aliphatic heterocycles. The zero-order valence-electron chi connectivity index (χ0n) is 8.20. The molecule has 0 unspecified atom stereocenters. The number of imidazole rings is 1. The summed E-state index contributed by atoms with van der Waals surface area (Å²) in [6, 6.07) is 5.83. The summed E-state index contributed by atoms with van der Waals surface area (Å²) >= 11 is 0. The second-order valence-corrected chi connectivity index (χ2v) is 3.32. The molecule has 2 heterocycles. The second kappa shape index (κ2) is 2.83. The molecule has 0 spiro atoms. The number of aromatic nitrogens is 2. The van der Waals surface area contributed by atoms with E-state index < -0.39 is 0 Å². The van der Waals surface area contributed by atoms with Gasteiger partial charge >= 0.3 is 0 Å². The largest absolute Gasteiger partial charge is 0.382 e. The lowest BCUT2D eigenvalue weighted by molar-refractivity contribution is 1.07. The Morgan fingerprint density at radius 2 is 2.14 bits per heavy atom. The smallest absolute Gasteiger partial charge is 0.142 e. The molecule has 3 N–H and O–H groups in total. The summed E-state index contributed by atoms with van der Waals surface area (Å²) in [6.45, 7) is 3.84. The Hall–Kier alpha value is -1.84. The second-order valence-electron chi connectivity index (χ2n) is 3.32. The molecular formula is C10H12N4. The first-order valence-electron chi connectivity index (χ1n) is 4.40. The third-order valence-corrected chi connectivity index (χ3v) is 2.27. The minimum atomic E-state index is 0.0595. The number of pyridine rings is 1. The number of hydrogen-bond acceptors (Lipinski definition) is 2. The Kier molecular flexibility index (Phi) is 1.77. The van der Waals surface area contributed by atoms with Gasteiger partial charge in [-0.25, -0.2) is 4.98 Å². The van der Waals surface area contributed by atoms with Gasteiger partial charge in [0.15, 0.2) is 0 Å². The average Bonchev–Trinajstić information content (AvgIpc) is 2.42. The van der Waals surface area contributed by atoms with Gasteiger partial charge in [0.05, 0.1) is 5.69 Å². The van der Waals surface area contributed by atoms with Crippen molar-refractivity contribution in [2.45, 2.75) is 13.8 Å². The number of amidine groups is 1. The van der Waals surface area contributed by atoms with Crippen molar-refractivity contribution < 1.29 is 0 Å². The van der Waals surface area contributed by atoms with Gasteiger partial charge in [-0.1, -0.05) is 6.07 Å². The fraction of sp³-hybridized carbons (Fsp3) is 0.200. The first-order valence-corrected chi connectivity index (χ1v) is 4.40. The number of nitrogens with one attached hydrogen (secondary N) is 1. The zero-order valence-corrected chi connectivity index (χ0v) is 8.20. The van der Waals surface area contributed by atoms with Crippen molar-refractivity contribution in [1.29, 1.82) is 5.41 Å². The van der Waals surface area contributed by atoms with E-state index in [1.807, 2.05) is 36.4 Å². The third-order valence-electron chi connectivity index (χ3n) is 2.27. The van der Waals surface area contributed by atoms with Gasteiger partial charge in [-0.2, -0.15) is 0 Å². The lowest BCUT2D eigenvalue weighted by Crippen LogP contribution is -2.16. The predicted molar refractivity (Wildman–Crippen MR) is 55.7 cm³/mol. The van der Waals surface area contributed by atoms with Gasteiger partial charge in [0.2, 0.25) is 0 Å². The molecule has 0 atom stereocenters. The Balaban J connectivity index is 2.93. The van der Waals surface area contributed by atoms with Crippen molar-refractivity contribution in [3.05, 3.63) is 35.3 Å². The van der Waals surface area contributed by atoms with E-state index in [4.69, 9.17) is 11.1 Å². The molecule has 4 heteroatoms. The summed E-state index contributed by atoms with van der Waals surface area (Å²) in [5, 5.41) is 7.49. The maximum atomic E-state index is 7.49. The van der Waals surface area contributed by atoms with Crippen molar-refractivity contribution in [3.8, 4) is 0 Å². The quantitative estimate of drug-likeness (QED) is 0.522. The topological polar surface area (TPSA) is 67.2 Å². The lowest BCUT2D eigenvalue weighted by atomic mass is 10.3. The Morgan fingerprint density at radius 1 is 1.43 bits per heavy atom. The number of hydrogen-bond donors (Lipinski definition) is 2. The monoisotopic (exact) mass is 188 g/mol. The number of fused-ring (bicyclic) bond motifs is 1. The summed E-state index contributed by atoms with van der Waals surface area (Å²) in [5.41, 5.74) is 8.88. The van der Waals surface area contributed by atoms with Crippen LogP contribution < -0.4 is 5.73 Å². The molecule has 14 heavy (non-hydrogen) atoms. The van der Waals surface area contributed by atoms with E-state index >= 15 is 0 Å². The highest BCUT2D eigenvalue weighted by Crippen LogP contribution is 2.13. The standard InChI is InChI=1S/C10H12N4/c1-6-4-3-5-8-13-7(2)9(10(11)12)14(6)8/h3-5H,1-2H3,(H3,11,12). The number of nitrogen functional groups attached to an aromatic ring is 1. The van der Waals surface area contributed by atoms with Gasteiger partial charge in [-0.3, -0.25) is 9.81 Å². The van der Waals surface area contributed by atoms with Gasteiger partial charge < -0.3 is 5.73 Å². The minimum Gasteiger partial charge on any atom is -0.382 e. The summed E-state index contributed by atoms with van der Waals surface area (Å²) in [5.74, 6) is 0.0595. The molecule has 0 bridgehead atoms. The van der Waals surface area contributed by atoms with Crippen molar-refractivity contribution in [2.24, 2.45) is 5.73 Å². The van der Waals surface area contributed by atoms with Crippen LogP contribution in [0.1, 0.15) is 17.1 Å². The molecule has 0 radical (unpaired) electrons. The van der Waals surface area contributed by atoms with E-state index in [2.05, 4.69) is 4.98 Å². The molecule has 2 rings (SSSR count). The zero-order chi connectivity index (χ0) is 10.3. The lowest BCUT2D eigenvalue weighted by Gasteiger charge is -2.03. The molecule has 0 amide bonds. The van der Waals surface area contributed by atoms with E-state index in [1.54, 1.807) is 0 Å². The Labute approximate surface area is 81.9 Å². The molecule has 0 saturated carbocycles. The first kappa shape index (κ1) is 8.74. The molecule has 0 aromatic carbocycles. The van der Waals surface area contributed by atoms with Gasteiger partial charge in [-0.15, -0.1) is 0 Å². The minimum absolute atomic E-state index is 0.0595. The van der Waals surface area contributed by atoms with Crippen molar-refractivity contribution in [3.63, 3.8) is 0 Å². The summed E-state index contributed by atoms with van der Waals surface area (Å²) in [6.07, 6.45) is 0. The molecule has 2 aromatic heterocycles. The molecule has 0 fully saturated rings. The molecule has 0 aliphatic rings. The van der Waals surface area contributed by atoms with Gasteiger partial charge in [0.25, 0.3) is 0 Å². The Bertz CT molecular complexity index is 510. The first-order chi connectivity index (χ1) is 6.61.